The van der Waals surface area contributed by atoms with Gasteiger partial charge in [0.25, 0.3) is 0 Å². The maximum absolute atomic E-state index is 12.9. The van der Waals surface area contributed by atoms with E-state index in [9.17, 15) is 14.9 Å². The fourth-order valence-electron chi connectivity index (χ4n) is 3.36. The molecular formula is C29H30N2O5. The lowest BCUT2D eigenvalue weighted by Crippen LogP contribution is -2.45. The molecule has 0 saturated heterocycles. The van der Waals surface area contributed by atoms with E-state index in [1.807, 2.05) is 60.7 Å². The van der Waals surface area contributed by atoms with Crippen molar-refractivity contribution in [1.29, 1.82) is 5.26 Å². The fourth-order valence-corrected chi connectivity index (χ4v) is 3.36. The van der Waals surface area contributed by atoms with Crippen molar-refractivity contribution in [3.05, 3.63) is 101 Å². The summed E-state index contributed by atoms with van der Waals surface area (Å²) in [7, 11) is 0. The molecule has 3 aromatic carbocycles. The Morgan fingerprint density at radius 1 is 0.889 bits per heavy atom. The summed E-state index contributed by atoms with van der Waals surface area (Å²) in [5.41, 5.74) is 2.07. The Balaban J connectivity index is 1.73. The van der Waals surface area contributed by atoms with Crippen LogP contribution in [-0.2, 0) is 33.9 Å². The number of hydrogen-bond donors (Lipinski definition) is 1. The minimum Gasteiger partial charge on any atom is -0.488 e. The molecule has 0 aromatic heterocycles. The number of nitrogens with one attached hydrogen (secondary N) is 1. The van der Waals surface area contributed by atoms with Crippen molar-refractivity contribution in [3.63, 3.8) is 0 Å². The number of esters is 1. The van der Waals surface area contributed by atoms with Gasteiger partial charge in [-0.2, -0.15) is 5.26 Å². The van der Waals surface area contributed by atoms with Crippen LogP contribution in [0.2, 0.25) is 0 Å². The number of rotatable bonds is 9. The fraction of sp³-hybridized carbons (Fsp3) is 0.276. The highest BCUT2D eigenvalue weighted by atomic mass is 16.6. The third-order valence-corrected chi connectivity index (χ3v) is 5.04. The predicted octanol–water partition coefficient (Wildman–Crippen LogP) is 5.32. The monoisotopic (exact) mass is 486 g/mol. The average molecular weight is 487 g/mol. The quantitative estimate of drug-likeness (QED) is 0.411. The van der Waals surface area contributed by atoms with Gasteiger partial charge in [-0.15, -0.1) is 0 Å². The van der Waals surface area contributed by atoms with Gasteiger partial charge in [0.15, 0.2) is 0 Å². The summed E-state index contributed by atoms with van der Waals surface area (Å²) in [5.74, 6) is -0.166. The predicted molar refractivity (Wildman–Crippen MR) is 135 cm³/mol. The summed E-state index contributed by atoms with van der Waals surface area (Å²) in [6.07, 6.45) is -0.618. The summed E-state index contributed by atoms with van der Waals surface area (Å²) in [6, 6.07) is 25.1. The van der Waals surface area contributed by atoms with Crippen molar-refractivity contribution in [3.8, 4) is 11.8 Å². The second-order valence-electron chi connectivity index (χ2n) is 9.21. The van der Waals surface area contributed by atoms with Gasteiger partial charge in [-0.05, 0) is 49.6 Å². The highest BCUT2D eigenvalue weighted by molar-refractivity contribution is 5.81. The molecule has 0 heterocycles. The van der Waals surface area contributed by atoms with E-state index in [4.69, 9.17) is 14.2 Å². The van der Waals surface area contributed by atoms with E-state index in [2.05, 4.69) is 11.4 Å². The Bertz CT molecular complexity index is 1200. The lowest BCUT2D eigenvalue weighted by molar-refractivity contribution is -0.147. The zero-order chi connectivity index (χ0) is 26.0. The second kappa shape index (κ2) is 12.4. The van der Waals surface area contributed by atoms with Crippen LogP contribution in [0.25, 0.3) is 0 Å². The number of alkyl carbamates (subject to hydrolysis) is 1. The number of benzene rings is 3. The number of hydrogen-bond acceptors (Lipinski definition) is 6. The summed E-state index contributed by atoms with van der Waals surface area (Å²) in [5, 5.41) is 12.3. The smallest absolute Gasteiger partial charge is 0.408 e. The number of amides is 1. The molecule has 0 aliphatic rings. The van der Waals surface area contributed by atoms with Gasteiger partial charge in [0.1, 0.15) is 36.7 Å². The zero-order valence-corrected chi connectivity index (χ0v) is 20.7. The molecule has 1 N–H and O–H groups in total. The third kappa shape index (κ3) is 8.48. The van der Waals surface area contributed by atoms with Crippen LogP contribution in [0.1, 0.15) is 43.0 Å². The summed E-state index contributed by atoms with van der Waals surface area (Å²) < 4.78 is 16.6. The topological polar surface area (TPSA) is 97.6 Å². The molecule has 3 rings (SSSR count). The number of carbonyl (C=O) groups excluding carboxylic acids is 2. The summed E-state index contributed by atoms with van der Waals surface area (Å²) in [6.45, 7) is 5.61. The Morgan fingerprint density at radius 2 is 1.50 bits per heavy atom. The molecule has 3 aromatic rings. The normalized spacial score (nSPS) is 11.6. The first kappa shape index (κ1) is 26.3. The van der Waals surface area contributed by atoms with Crippen molar-refractivity contribution >= 4 is 12.1 Å². The van der Waals surface area contributed by atoms with Crippen molar-refractivity contribution in [2.75, 3.05) is 0 Å². The minimum absolute atomic E-state index is 0.0713. The number of ether oxygens (including phenoxy) is 3. The zero-order valence-electron chi connectivity index (χ0n) is 20.7. The standard InChI is InChI=1S/C29H30N2O5/c1-29(2,3)36-28(33)31-25(27(32)35-20-22-12-8-5-9-13-22)17-23-14-15-26(24(16-23)18-30)34-19-21-10-6-4-7-11-21/h4-16,25H,17,19-20H2,1-3H3,(H,31,33). The highest BCUT2D eigenvalue weighted by Gasteiger charge is 2.26. The SMILES string of the molecule is CC(C)(C)OC(=O)NC(Cc1ccc(OCc2ccccc2)c(C#N)c1)C(=O)OCc1ccccc1. The lowest BCUT2D eigenvalue weighted by atomic mass is 10.0. The molecule has 0 saturated carbocycles. The van der Waals surface area contributed by atoms with Crippen LogP contribution in [0.5, 0.6) is 5.75 Å². The second-order valence-corrected chi connectivity index (χ2v) is 9.21. The molecule has 0 aliphatic heterocycles. The van der Waals surface area contributed by atoms with E-state index in [0.717, 1.165) is 11.1 Å². The van der Waals surface area contributed by atoms with Crippen LogP contribution in [0.15, 0.2) is 78.9 Å². The molecule has 0 radical (unpaired) electrons. The van der Waals surface area contributed by atoms with E-state index >= 15 is 0 Å². The van der Waals surface area contributed by atoms with E-state index in [1.165, 1.54) is 0 Å². The molecule has 0 fully saturated rings. The first-order chi connectivity index (χ1) is 17.2. The van der Waals surface area contributed by atoms with Crippen LogP contribution in [-0.4, -0.2) is 23.7 Å². The maximum Gasteiger partial charge on any atom is 0.408 e. The summed E-state index contributed by atoms with van der Waals surface area (Å²) >= 11 is 0. The van der Waals surface area contributed by atoms with Crippen LogP contribution < -0.4 is 10.1 Å². The summed E-state index contributed by atoms with van der Waals surface area (Å²) in [4.78, 5) is 25.3. The van der Waals surface area contributed by atoms with Crippen molar-refractivity contribution in [1.82, 2.24) is 5.32 Å². The van der Waals surface area contributed by atoms with Crippen LogP contribution >= 0.6 is 0 Å². The van der Waals surface area contributed by atoms with Crippen molar-refractivity contribution in [2.45, 2.75) is 52.0 Å². The number of nitrogens with zero attached hydrogens (tertiary/aromatic N) is 1. The van der Waals surface area contributed by atoms with Crippen LogP contribution in [0, 0.1) is 11.3 Å². The molecule has 1 atom stereocenters. The Labute approximate surface area is 211 Å². The Kier molecular flexibility index (Phi) is 9.07. The molecule has 1 amide bonds. The molecular weight excluding hydrogens is 456 g/mol. The molecule has 36 heavy (non-hydrogen) atoms. The van der Waals surface area contributed by atoms with Crippen molar-refractivity contribution < 1.29 is 23.8 Å². The van der Waals surface area contributed by atoms with Gasteiger partial charge in [-0.1, -0.05) is 66.7 Å². The molecule has 0 bridgehead atoms. The van der Waals surface area contributed by atoms with Gasteiger partial charge in [0.2, 0.25) is 0 Å². The molecule has 7 nitrogen and oxygen atoms in total. The van der Waals surface area contributed by atoms with E-state index in [-0.39, 0.29) is 13.0 Å². The van der Waals surface area contributed by atoms with Gasteiger partial charge in [-0.3, -0.25) is 0 Å². The average Bonchev–Trinajstić information content (AvgIpc) is 2.86. The van der Waals surface area contributed by atoms with Crippen LogP contribution in [0.3, 0.4) is 0 Å². The van der Waals surface area contributed by atoms with E-state index in [0.29, 0.717) is 23.5 Å². The Hall–Kier alpha value is -4.31. The number of carbonyl (C=O) groups is 2. The third-order valence-electron chi connectivity index (χ3n) is 5.04. The number of nitriles is 1. The van der Waals surface area contributed by atoms with Gasteiger partial charge < -0.3 is 19.5 Å². The lowest BCUT2D eigenvalue weighted by Gasteiger charge is -2.23. The van der Waals surface area contributed by atoms with Gasteiger partial charge in [0.05, 0.1) is 5.56 Å². The Morgan fingerprint density at radius 3 is 2.08 bits per heavy atom. The highest BCUT2D eigenvalue weighted by Crippen LogP contribution is 2.22. The van der Waals surface area contributed by atoms with Crippen molar-refractivity contribution in [2.24, 2.45) is 0 Å². The molecule has 0 spiro atoms. The maximum atomic E-state index is 12.9. The minimum atomic E-state index is -1.01. The van der Waals surface area contributed by atoms with Gasteiger partial charge in [0, 0.05) is 6.42 Å². The first-order valence-corrected chi connectivity index (χ1v) is 11.6. The van der Waals surface area contributed by atoms with Gasteiger partial charge >= 0.3 is 12.1 Å². The molecule has 0 aliphatic carbocycles. The van der Waals surface area contributed by atoms with Crippen LogP contribution in [0.4, 0.5) is 4.79 Å². The van der Waals surface area contributed by atoms with E-state index in [1.54, 1.807) is 39.0 Å². The largest absolute Gasteiger partial charge is 0.488 e. The van der Waals surface area contributed by atoms with E-state index < -0.39 is 23.7 Å². The van der Waals surface area contributed by atoms with Gasteiger partial charge in [-0.25, -0.2) is 9.59 Å². The first-order valence-electron chi connectivity index (χ1n) is 11.6. The molecule has 1 unspecified atom stereocenters. The molecule has 186 valence electrons. The molecule has 7 heteroatoms.